The molecule has 0 radical (unpaired) electrons. The van der Waals surface area contributed by atoms with Crippen molar-refractivity contribution in [2.75, 3.05) is 24.7 Å². The number of aromatic nitrogens is 2. The number of ether oxygens (including phenoxy) is 2. The molecule has 2 N–H and O–H groups in total. The van der Waals surface area contributed by atoms with Crippen molar-refractivity contribution in [3.05, 3.63) is 35.9 Å². The number of aryl methyl sites for hydroxylation is 1. The Morgan fingerprint density at radius 2 is 1.82 bits per heavy atom. The number of sulfonamides is 1. The summed E-state index contributed by atoms with van der Waals surface area (Å²) in [6.45, 7) is 3.84. The van der Waals surface area contributed by atoms with Gasteiger partial charge in [-0.2, -0.15) is 0 Å². The Bertz CT molecular complexity index is 1050. The molecule has 0 unspecified atom stereocenters. The summed E-state index contributed by atoms with van der Waals surface area (Å²) in [5.74, 6) is 1.95. The molecule has 0 amide bonds. The van der Waals surface area contributed by atoms with Crippen LogP contribution in [0.2, 0.25) is 0 Å². The second-order valence-electron chi connectivity index (χ2n) is 6.61. The molecule has 3 rings (SSSR count). The van der Waals surface area contributed by atoms with E-state index in [1.54, 1.807) is 26.4 Å². The van der Waals surface area contributed by atoms with Crippen LogP contribution in [0.1, 0.15) is 25.3 Å². The van der Waals surface area contributed by atoms with Gasteiger partial charge < -0.3 is 14.5 Å². The van der Waals surface area contributed by atoms with Gasteiger partial charge in [0.1, 0.15) is 5.82 Å². The van der Waals surface area contributed by atoms with Gasteiger partial charge in [0, 0.05) is 17.7 Å². The van der Waals surface area contributed by atoms with Gasteiger partial charge in [0.05, 0.1) is 36.7 Å². The zero-order valence-electron chi connectivity index (χ0n) is 16.5. The molecule has 150 valence electrons. The van der Waals surface area contributed by atoms with E-state index in [1.165, 1.54) is 0 Å². The van der Waals surface area contributed by atoms with Crippen LogP contribution in [0.3, 0.4) is 0 Å². The molecule has 3 aromatic rings. The van der Waals surface area contributed by atoms with Crippen molar-refractivity contribution in [1.82, 2.24) is 9.97 Å². The Hall–Kier alpha value is -2.74. The first-order valence-corrected chi connectivity index (χ1v) is 10.8. The van der Waals surface area contributed by atoms with Crippen LogP contribution in [-0.4, -0.2) is 38.4 Å². The lowest BCUT2D eigenvalue weighted by molar-refractivity contribution is 0.356. The summed E-state index contributed by atoms with van der Waals surface area (Å²) in [7, 11) is -0.216. The smallest absolute Gasteiger partial charge is 0.232 e. The summed E-state index contributed by atoms with van der Waals surface area (Å²) in [5.41, 5.74) is 3.73. The van der Waals surface area contributed by atoms with Crippen LogP contribution < -0.4 is 14.2 Å². The number of benzene rings is 2. The number of H-pyrrole nitrogens is 1. The minimum Gasteiger partial charge on any atom is -0.493 e. The van der Waals surface area contributed by atoms with Crippen LogP contribution in [0.25, 0.3) is 22.4 Å². The molecule has 0 aliphatic rings. The van der Waals surface area contributed by atoms with Crippen molar-refractivity contribution in [3.63, 3.8) is 0 Å². The maximum atomic E-state index is 12.3. The summed E-state index contributed by atoms with van der Waals surface area (Å²) in [6, 6.07) is 9.21. The number of unbranched alkanes of at least 4 members (excludes halogenated alkanes) is 1. The van der Waals surface area contributed by atoms with Crippen LogP contribution in [0.4, 0.5) is 5.69 Å². The molecule has 0 atom stereocenters. The summed E-state index contributed by atoms with van der Waals surface area (Å²) in [4.78, 5) is 7.87. The van der Waals surface area contributed by atoms with Crippen LogP contribution >= 0.6 is 0 Å². The van der Waals surface area contributed by atoms with E-state index in [0.717, 1.165) is 28.6 Å². The monoisotopic (exact) mass is 403 g/mol. The summed E-state index contributed by atoms with van der Waals surface area (Å²) < 4.78 is 37.9. The second kappa shape index (κ2) is 8.10. The number of imidazole rings is 1. The number of aromatic amines is 1. The summed E-state index contributed by atoms with van der Waals surface area (Å²) in [6.07, 6.45) is 1.45. The second-order valence-corrected chi connectivity index (χ2v) is 8.46. The molecule has 28 heavy (non-hydrogen) atoms. The van der Waals surface area contributed by atoms with Crippen molar-refractivity contribution < 1.29 is 17.9 Å². The highest BCUT2D eigenvalue weighted by Gasteiger charge is 2.15. The Kier molecular flexibility index (Phi) is 5.79. The third-order valence-electron chi connectivity index (χ3n) is 4.53. The lowest BCUT2D eigenvalue weighted by atomic mass is 10.1. The Labute approximate surface area is 165 Å². The molecular weight excluding hydrogens is 378 g/mol. The molecule has 0 aliphatic heterocycles. The molecule has 0 saturated carbocycles. The van der Waals surface area contributed by atoms with Crippen molar-refractivity contribution in [1.29, 1.82) is 0 Å². The van der Waals surface area contributed by atoms with Gasteiger partial charge in [0.15, 0.2) is 11.5 Å². The number of anilines is 1. The molecule has 0 spiro atoms. The Morgan fingerprint density at radius 1 is 1.11 bits per heavy atom. The van der Waals surface area contributed by atoms with E-state index in [2.05, 4.69) is 14.7 Å². The lowest BCUT2D eigenvalue weighted by Gasteiger charge is -2.11. The highest BCUT2D eigenvalue weighted by molar-refractivity contribution is 7.92. The predicted molar refractivity (Wildman–Crippen MR) is 112 cm³/mol. The number of rotatable bonds is 8. The minimum absolute atomic E-state index is 0.109. The van der Waals surface area contributed by atoms with Gasteiger partial charge in [0.2, 0.25) is 10.0 Å². The topological polar surface area (TPSA) is 93.3 Å². The van der Waals surface area contributed by atoms with Gasteiger partial charge in [0.25, 0.3) is 0 Å². The van der Waals surface area contributed by atoms with Gasteiger partial charge in [-0.1, -0.05) is 25.5 Å². The molecule has 0 saturated heterocycles. The maximum absolute atomic E-state index is 12.3. The van der Waals surface area contributed by atoms with Crippen LogP contribution in [0.5, 0.6) is 11.5 Å². The molecule has 1 aromatic heterocycles. The van der Waals surface area contributed by atoms with E-state index >= 15 is 0 Å². The van der Waals surface area contributed by atoms with Crippen molar-refractivity contribution in [3.8, 4) is 22.9 Å². The maximum Gasteiger partial charge on any atom is 0.232 e. The summed E-state index contributed by atoms with van der Waals surface area (Å²) >= 11 is 0. The van der Waals surface area contributed by atoms with Gasteiger partial charge >= 0.3 is 0 Å². The first-order chi connectivity index (χ1) is 13.4. The minimum atomic E-state index is -3.37. The normalized spacial score (nSPS) is 11.6. The lowest BCUT2D eigenvalue weighted by Crippen LogP contribution is -2.17. The van der Waals surface area contributed by atoms with E-state index in [4.69, 9.17) is 9.47 Å². The number of nitrogens with zero attached hydrogens (tertiary/aromatic N) is 1. The zero-order valence-corrected chi connectivity index (χ0v) is 17.3. The third kappa shape index (κ3) is 4.22. The van der Waals surface area contributed by atoms with E-state index in [1.807, 2.05) is 32.0 Å². The Morgan fingerprint density at radius 3 is 2.50 bits per heavy atom. The SMILES string of the molecule is CCCCS(=O)(=O)Nc1cc(-c2nc3cc(OC)c(OC)cc3[nH]2)ccc1C. The van der Waals surface area contributed by atoms with Gasteiger partial charge in [-0.05, 0) is 25.0 Å². The molecule has 8 heteroatoms. The van der Waals surface area contributed by atoms with Crippen LogP contribution in [0.15, 0.2) is 30.3 Å². The van der Waals surface area contributed by atoms with Gasteiger partial charge in [-0.3, -0.25) is 4.72 Å². The molecule has 0 bridgehead atoms. The first kappa shape index (κ1) is 20.0. The molecule has 0 fully saturated rings. The number of hydrogen-bond acceptors (Lipinski definition) is 5. The number of nitrogens with one attached hydrogen (secondary N) is 2. The van der Waals surface area contributed by atoms with Crippen molar-refractivity contribution in [2.45, 2.75) is 26.7 Å². The van der Waals surface area contributed by atoms with Gasteiger partial charge in [-0.25, -0.2) is 13.4 Å². The van der Waals surface area contributed by atoms with E-state index < -0.39 is 10.0 Å². The standard InChI is InChI=1S/C20H25N3O4S/c1-5-6-9-28(24,25)23-15-10-14(8-7-13(15)2)20-21-16-11-18(26-3)19(27-4)12-17(16)22-20/h7-8,10-12,23H,5-6,9H2,1-4H3,(H,21,22). The van der Waals surface area contributed by atoms with Crippen LogP contribution in [0, 0.1) is 6.92 Å². The highest BCUT2D eigenvalue weighted by atomic mass is 32.2. The van der Waals surface area contributed by atoms with E-state index in [9.17, 15) is 8.42 Å². The number of hydrogen-bond donors (Lipinski definition) is 2. The third-order valence-corrected chi connectivity index (χ3v) is 5.89. The fraction of sp³-hybridized carbons (Fsp3) is 0.350. The first-order valence-electron chi connectivity index (χ1n) is 9.10. The molecular formula is C20H25N3O4S. The van der Waals surface area contributed by atoms with E-state index in [0.29, 0.717) is 29.4 Å². The largest absolute Gasteiger partial charge is 0.493 e. The fourth-order valence-corrected chi connectivity index (χ4v) is 4.23. The number of methoxy groups -OCH3 is 2. The zero-order chi connectivity index (χ0) is 20.3. The predicted octanol–water partition coefficient (Wildman–Crippen LogP) is 4.10. The summed E-state index contributed by atoms with van der Waals surface area (Å²) in [5, 5.41) is 0. The van der Waals surface area contributed by atoms with Gasteiger partial charge in [-0.15, -0.1) is 0 Å². The van der Waals surface area contributed by atoms with Crippen molar-refractivity contribution in [2.24, 2.45) is 0 Å². The average molecular weight is 404 g/mol. The van der Waals surface area contributed by atoms with E-state index in [-0.39, 0.29) is 5.75 Å². The highest BCUT2D eigenvalue weighted by Crippen LogP contribution is 2.33. The molecule has 2 aromatic carbocycles. The Balaban J connectivity index is 1.98. The fourth-order valence-electron chi connectivity index (χ4n) is 2.91. The quantitative estimate of drug-likeness (QED) is 0.591. The molecule has 7 nitrogen and oxygen atoms in total. The van der Waals surface area contributed by atoms with Crippen molar-refractivity contribution >= 4 is 26.7 Å². The van der Waals surface area contributed by atoms with Crippen LogP contribution in [-0.2, 0) is 10.0 Å². The number of fused-ring (bicyclic) bond motifs is 1. The average Bonchev–Trinajstić information content (AvgIpc) is 3.09. The molecule has 1 heterocycles. The molecule has 0 aliphatic carbocycles.